The lowest BCUT2D eigenvalue weighted by molar-refractivity contribution is -0.141. The van der Waals surface area contributed by atoms with Gasteiger partial charge in [0.1, 0.15) is 17.9 Å². The standard InChI is InChI=1S/C29H38N6O9/c36-22(12-16-35(18-20-7-1-4-13-30-20)19-21-8-2-5-14-31-21)17-25(37)32-15-6-3-9-23(27(40)41)33-29(44)34-24(28(42)43)10-11-26(38)39/h1-2,4-5,7-8,13-14,23-24H,3,6,9-12,15-19H2,(H,32,37)(H,38,39)(H,40,41)(H,42,43)(H2,33,34,44)/t23-,24-/m0/s1. The summed E-state index contributed by atoms with van der Waals surface area (Å²) in [5, 5.41) is 34.1. The first-order chi connectivity index (χ1) is 21.0. The minimum absolute atomic E-state index is 0.00715. The summed E-state index contributed by atoms with van der Waals surface area (Å²) in [6.07, 6.45) is 3.04. The van der Waals surface area contributed by atoms with Crippen molar-refractivity contribution < 1.29 is 44.1 Å². The largest absolute Gasteiger partial charge is 0.481 e. The Kier molecular flexibility index (Phi) is 15.5. The molecule has 0 radical (unpaired) electrons. The van der Waals surface area contributed by atoms with Crippen molar-refractivity contribution in [2.75, 3.05) is 13.1 Å². The number of nitrogens with zero attached hydrogens (tertiary/aromatic N) is 3. The van der Waals surface area contributed by atoms with Gasteiger partial charge in [0, 0.05) is 51.4 Å². The van der Waals surface area contributed by atoms with Gasteiger partial charge in [0.2, 0.25) is 5.91 Å². The average molecular weight is 615 g/mol. The number of aliphatic carboxylic acids is 3. The normalized spacial score (nSPS) is 12.1. The second-order valence-corrected chi connectivity index (χ2v) is 10.00. The van der Waals surface area contributed by atoms with E-state index in [9.17, 15) is 33.9 Å². The van der Waals surface area contributed by atoms with Crippen LogP contribution >= 0.6 is 0 Å². The Morgan fingerprint density at radius 3 is 1.82 bits per heavy atom. The van der Waals surface area contributed by atoms with Crippen molar-refractivity contribution >= 4 is 35.6 Å². The maximum atomic E-state index is 12.5. The van der Waals surface area contributed by atoms with E-state index in [2.05, 4.69) is 25.9 Å². The summed E-state index contributed by atoms with van der Waals surface area (Å²) < 4.78 is 0. The van der Waals surface area contributed by atoms with Gasteiger partial charge in [0.15, 0.2) is 0 Å². The zero-order chi connectivity index (χ0) is 32.3. The first-order valence-corrected chi connectivity index (χ1v) is 14.1. The van der Waals surface area contributed by atoms with Crippen molar-refractivity contribution in [3.05, 3.63) is 60.2 Å². The molecular formula is C29H38N6O9. The molecule has 2 atom stereocenters. The predicted molar refractivity (Wildman–Crippen MR) is 155 cm³/mol. The number of nitrogens with one attached hydrogen (secondary N) is 3. The third kappa shape index (κ3) is 14.8. The number of urea groups is 1. The van der Waals surface area contributed by atoms with E-state index >= 15 is 0 Å². The van der Waals surface area contributed by atoms with Crippen LogP contribution in [0, 0.1) is 0 Å². The van der Waals surface area contributed by atoms with Gasteiger partial charge in [0.05, 0.1) is 17.8 Å². The van der Waals surface area contributed by atoms with Crippen molar-refractivity contribution in [2.45, 2.75) is 70.1 Å². The van der Waals surface area contributed by atoms with E-state index in [1.807, 2.05) is 41.3 Å². The molecular weight excluding hydrogens is 576 g/mol. The fourth-order valence-electron chi connectivity index (χ4n) is 4.11. The summed E-state index contributed by atoms with van der Waals surface area (Å²) in [4.78, 5) is 81.0. The van der Waals surface area contributed by atoms with Crippen molar-refractivity contribution in [3.63, 3.8) is 0 Å². The summed E-state index contributed by atoms with van der Waals surface area (Å²) in [5.41, 5.74) is 1.68. The summed E-state index contributed by atoms with van der Waals surface area (Å²) in [6.45, 7) is 1.61. The van der Waals surface area contributed by atoms with Crippen LogP contribution in [0.5, 0.6) is 0 Å². The highest BCUT2D eigenvalue weighted by molar-refractivity contribution is 5.98. The summed E-state index contributed by atoms with van der Waals surface area (Å²) in [7, 11) is 0. The summed E-state index contributed by atoms with van der Waals surface area (Å²) in [6, 6.07) is 7.31. The van der Waals surface area contributed by atoms with E-state index in [-0.39, 0.29) is 38.0 Å². The van der Waals surface area contributed by atoms with E-state index in [1.54, 1.807) is 12.4 Å². The Balaban J connectivity index is 1.71. The van der Waals surface area contributed by atoms with E-state index in [4.69, 9.17) is 10.2 Å². The lowest BCUT2D eigenvalue weighted by atomic mass is 10.1. The van der Waals surface area contributed by atoms with Crippen LogP contribution in [0.2, 0.25) is 0 Å². The first-order valence-electron chi connectivity index (χ1n) is 14.1. The van der Waals surface area contributed by atoms with Gasteiger partial charge in [-0.05, 0) is 49.9 Å². The molecule has 0 aliphatic heterocycles. The first kappa shape index (κ1) is 35.3. The predicted octanol–water partition coefficient (Wildman–Crippen LogP) is 1.19. The van der Waals surface area contributed by atoms with Gasteiger partial charge >= 0.3 is 23.9 Å². The molecule has 0 spiro atoms. The van der Waals surface area contributed by atoms with Crippen molar-refractivity contribution in [3.8, 4) is 0 Å². The summed E-state index contributed by atoms with van der Waals surface area (Å²) >= 11 is 0. The van der Waals surface area contributed by atoms with Gasteiger partial charge in [-0.15, -0.1) is 0 Å². The van der Waals surface area contributed by atoms with Crippen LogP contribution in [0.4, 0.5) is 4.79 Å². The number of carbonyl (C=O) groups excluding carboxylic acids is 3. The molecule has 2 heterocycles. The van der Waals surface area contributed by atoms with Crippen LogP contribution < -0.4 is 16.0 Å². The van der Waals surface area contributed by atoms with E-state index in [1.165, 1.54) is 0 Å². The van der Waals surface area contributed by atoms with Crippen LogP contribution in [-0.2, 0) is 37.1 Å². The summed E-state index contributed by atoms with van der Waals surface area (Å²) in [5.74, 6) is -4.72. The topological polar surface area (TPSA) is 228 Å². The van der Waals surface area contributed by atoms with Gasteiger partial charge in [-0.1, -0.05) is 12.1 Å². The number of Topliss-reactive ketones (excluding diaryl/α,β-unsaturated/α-hetero) is 1. The molecule has 0 aliphatic rings. The number of aromatic nitrogens is 2. The zero-order valence-electron chi connectivity index (χ0n) is 24.2. The lowest BCUT2D eigenvalue weighted by Gasteiger charge is -2.21. The quantitative estimate of drug-likeness (QED) is 0.0860. The molecule has 0 fully saturated rings. The fourth-order valence-corrected chi connectivity index (χ4v) is 4.11. The number of carbonyl (C=O) groups is 6. The van der Waals surface area contributed by atoms with Crippen LogP contribution in [0.25, 0.3) is 0 Å². The highest BCUT2D eigenvalue weighted by atomic mass is 16.4. The number of pyridine rings is 2. The Bertz CT molecular complexity index is 1200. The number of hydrogen-bond donors (Lipinski definition) is 6. The Morgan fingerprint density at radius 2 is 1.32 bits per heavy atom. The van der Waals surface area contributed by atoms with Crippen molar-refractivity contribution in [2.24, 2.45) is 0 Å². The molecule has 238 valence electrons. The molecule has 0 saturated heterocycles. The lowest BCUT2D eigenvalue weighted by Crippen LogP contribution is -2.51. The van der Waals surface area contributed by atoms with E-state index in [0.29, 0.717) is 32.5 Å². The minimum atomic E-state index is -1.50. The molecule has 15 nitrogen and oxygen atoms in total. The van der Waals surface area contributed by atoms with Gasteiger partial charge in [0.25, 0.3) is 0 Å². The number of unbranched alkanes of at least 4 members (excludes halogenated alkanes) is 1. The van der Waals surface area contributed by atoms with Crippen LogP contribution in [0.15, 0.2) is 48.8 Å². The maximum absolute atomic E-state index is 12.5. The second kappa shape index (κ2) is 19.3. The molecule has 2 rings (SSSR count). The van der Waals surface area contributed by atoms with Crippen LogP contribution in [0.1, 0.15) is 56.3 Å². The second-order valence-electron chi connectivity index (χ2n) is 10.00. The number of amides is 3. The van der Waals surface area contributed by atoms with Gasteiger partial charge in [-0.25, -0.2) is 14.4 Å². The van der Waals surface area contributed by atoms with Crippen molar-refractivity contribution in [1.29, 1.82) is 0 Å². The fraction of sp³-hybridized carbons (Fsp3) is 0.448. The molecule has 2 aromatic rings. The van der Waals surface area contributed by atoms with Crippen molar-refractivity contribution in [1.82, 2.24) is 30.8 Å². The number of carboxylic acids is 3. The minimum Gasteiger partial charge on any atom is -0.481 e. The molecule has 15 heteroatoms. The Morgan fingerprint density at radius 1 is 0.750 bits per heavy atom. The molecule has 3 amide bonds. The van der Waals surface area contributed by atoms with Gasteiger partial charge in [-0.2, -0.15) is 0 Å². The Labute approximate surface area is 254 Å². The van der Waals surface area contributed by atoms with Gasteiger partial charge in [-0.3, -0.25) is 29.3 Å². The monoisotopic (exact) mass is 614 g/mol. The third-order valence-corrected chi connectivity index (χ3v) is 6.38. The average Bonchev–Trinajstić information content (AvgIpc) is 2.98. The SMILES string of the molecule is O=C(O)CC[C@H](NC(=O)N[C@@H](CCCCNC(=O)CC(=O)CCN(Cc1ccccn1)Cc1ccccn1)C(=O)O)C(=O)O. The van der Waals surface area contributed by atoms with Crippen LogP contribution in [0.3, 0.4) is 0 Å². The molecule has 6 N–H and O–H groups in total. The Hall–Kier alpha value is -4.92. The van der Waals surface area contributed by atoms with Gasteiger partial charge < -0.3 is 31.3 Å². The number of hydrogen-bond acceptors (Lipinski definition) is 9. The highest BCUT2D eigenvalue weighted by Crippen LogP contribution is 2.09. The molecule has 0 aliphatic carbocycles. The van der Waals surface area contributed by atoms with E-state index in [0.717, 1.165) is 11.4 Å². The van der Waals surface area contributed by atoms with Crippen LogP contribution in [-0.4, -0.2) is 91.0 Å². The smallest absolute Gasteiger partial charge is 0.326 e. The maximum Gasteiger partial charge on any atom is 0.326 e. The molecule has 0 unspecified atom stereocenters. The highest BCUT2D eigenvalue weighted by Gasteiger charge is 2.24. The third-order valence-electron chi connectivity index (χ3n) is 6.38. The number of ketones is 1. The molecule has 0 bridgehead atoms. The number of rotatable bonds is 21. The molecule has 0 aromatic carbocycles. The molecule has 2 aromatic heterocycles. The number of carboxylic acid groups (broad SMARTS) is 3. The molecule has 44 heavy (non-hydrogen) atoms. The van der Waals surface area contributed by atoms with E-state index < -0.39 is 48.4 Å². The zero-order valence-corrected chi connectivity index (χ0v) is 24.2. The molecule has 0 saturated carbocycles.